The third kappa shape index (κ3) is 5.04. The largest absolute Gasteiger partial charge is 0.460 e. The summed E-state index contributed by atoms with van der Waals surface area (Å²) in [5, 5.41) is 9.87. The van der Waals surface area contributed by atoms with Gasteiger partial charge in [-0.3, -0.25) is 5.73 Å². The van der Waals surface area contributed by atoms with Crippen LogP contribution in [0.1, 0.15) is 58.8 Å². The van der Waals surface area contributed by atoms with E-state index >= 15 is 0 Å². The summed E-state index contributed by atoms with van der Waals surface area (Å²) in [6.45, 7) is 3.49. The van der Waals surface area contributed by atoms with Crippen LogP contribution in [0.15, 0.2) is 0 Å². The van der Waals surface area contributed by atoms with Crippen molar-refractivity contribution in [2.75, 3.05) is 0 Å². The van der Waals surface area contributed by atoms with Crippen molar-refractivity contribution in [1.82, 2.24) is 0 Å². The van der Waals surface area contributed by atoms with Gasteiger partial charge in [0.1, 0.15) is 0 Å². The van der Waals surface area contributed by atoms with Gasteiger partial charge in [-0.2, -0.15) is 0 Å². The molecule has 3 N–H and O–H groups in total. The SMILES string of the molecule is CC(C)OC(=O)[C@](N)(O)CCC1CCCCC1. The Balaban J connectivity index is 2.34. The molecule has 1 aliphatic carbocycles. The smallest absolute Gasteiger partial charge is 0.353 e. The molecule has 4 nitrogen and oxygen atoms in total. The van der Waals surface area contributed by atoms with Crippen molar-refractivity contribution in [2.45, 2.75) is 70.6 Å². The molecule has 0 bridgehead atoms. The first kappa shape index (κ1) is 14.5. The van der Waals surface area contributed by atoms with E-state index < -0.39 is 11.7 Å². The number of nitrogens with two attached hydrogens (primary N) is 1. The van der Waals surface area contributed by atoms with E-state index in [2.05, 4.69) is 0 Å². The second-order valence-electron chi connectivity index (χ2n) is 5.42. The number of hydrogen-bond donors (Lipinski definition) is 2. The topological polar surface area (TPSA) is 72.5 Å². The molecule has 1 fully saturated rings. The predicted octanol–water partition coefficient (Wildman–Crippen LogP) is 1.95. The zero-order valence-electron chi connectivity index (χ0n) is 10.9. The van der Waals surface area contributed by atoms with E-state index in [9.17, 15) is 9.90 Å². The van der Waals surface area contributed by atoms with Gasteiger partial charge in [0, 0.05) is 6.42 Å². The van der Waals surface area contributed by atoms with Crippen LogP contribution in [0.5, 0.6) is 0 Å². The fraction of sp³-hybridized carbons (Fsp3) is 0.923. The Kier molecular flexibility index (Phi) is 5.40. The summed E-state index contributed by atoms with van der Waals surface area (Å²) >= 11 is 0. The molecule has 100 valence electrons. The minimum atomic E-state index is -1.82. The van der Waals surface area contributed by atoms with Gasteiger partial charge in [-0.25, -0.2) is 4.79 Å². The molecule has 0 heterocycles. The van der Waals surface area contributed by atoms with Crippen molar-refractivity contribution < 1.29 is 14.6 Å². The highest BCUT2D eigenvalue weighted by Gasteiger charge is 2.34. The molecule has 0 amide bonds. The van der Waals surface area contributed by atoms with Crippen LogP contribution in [0.4, 0.5) is 0 Å². The molecule has 1 atom stereocenters. The molecule has 1 saturated carbocycles. The summed E-state index contributed by atoms with van der Waals surface area (Å²) in [7, 11) is 0. The lowest BCUT2D eigenvalue weighted by molar-refractivity contribution is -0.170. The number of aliphatic hydroxyl groups is 1. The third-order valence-corrected chi connectivity index (χ3v) is 3.35. The van der Waals surface area contributed by atoms with E-state index in [0.29, 0.717) is 12.3 Å². The van der Waals surface area contributed by atoms with E-state index in [1.54, 1.807) is 13.8 Å². The summed E-state index contributed by atoms with van der Waals surface area (Å²) < 4.78 is 4.94. The zero-order valence-corrected chi connectivity index (χ0v) is 10.9. The summed E-state index contributed by atoms with van der Waals surface area (Å²) in [5.41, 5.74) is 3.79. The Bertz CT molecular complexity index is 245. The van der Waals surface area contributed by atoms with E-state index in [0.717, 1.165) is 6.42 Å². The molecule has 0 radical (unpaired) electrons. The Morgan fingerprint density at radius 1 is 1.41 bits per heavy atom. The van der Waals surface area contributed by atoms with E-state index in [-0.39, 0.29) is 6.10 Å². The van der Waals surface area contributed by atoms with Crippen molar-refractivity contribution in [3.8, 4) is 0 Å². The van der Waals surface area contributed by atoms with Crippen molar-refractivity contribution in [1.29, 1.82) is 0 Å². The number of carbonyl (C=O) groups is 1. The van der Waals surface area contributed by atoms with Crippen LogP contribution in [-0.4, -0.2) is 22.9 Å². The summed E-state index contributed by atoms with van der Waals surface area (Å²) in [6.07, 6.45) is 7.05. The molecule has 0 saturated heterocycles. The first-order valence-corrected chi connectivity index (χ1v) is 6.64. The number of ether oxygens (including phenoxy) is 1. The minimum Gasteiger partial charge on any atom is -0.460 e. The number of carbonyl (C=O) groups excluding carboxylic acids is 1. The van der Waals surface area contributed by atoms with Crippen LogP contribution in [0, 0.1) is 5.92 Å². The molecule has 4 heteroatoms. The van der Waals surface area contributed by atoms with Crippen molar-refractivity contribution in [2.24, 2.45) is 11.7 Å². The van der Waals surface area contributed by atoms with Gasteiger partial charge in [0.15, 0.2) is 0 Å². The lowest BCUT2D eigenvalue weighted by Gasteiger charge is -2.26. The van der Waals surface area contributed by atoms with E-state index in [4.69, 9.17) is 10.5 Å². The Labute approximate surface area is 104 Å². The highest BCUT2D eigenvalue weighted by molar-refractivity contribution is 5.78. The van der Waals surface area contributed by atoms with Gasteiger partial charge >= 0.3 is 5.97 Å². The van der Waals surface area contributed by atoms with Gasteiger partial charge in [0.25, 0.3) is 0 Å². The number of hydrogen-bond acceptors (Lipinski definition) is 4. The molecular weight excluding hydrogens is 218 g/mol. The maximum atomic E-state index is 11.6. The summed E-state index contributed by atoms with van der Waals surface area (Å²) in [6, 6.07) is 0. The van der Waals surface area contributed by atoms with Gasteiger partial charge in [0.2, 0.25) is 5.72 Å². The molecule has 0 aromatic carbocycles. The second kappa shape index (κ2) is 6.36. The Morgan fingerprint density at radius 3 is 2.53 bits per heavy atom. The van der Waals surface area contributed by atoms with Gasteiger partial charge in [-0.15, -0.1) is 0 Å². The maximum absolute atomic E-state index is 11.6. The number of rotatable bonds is 5. The fourth-order valence-corrected chi connectivity index (χ4v) is 2.32. The van der Waals surface area contributed by atoms with Crippen LogP contribution < -0.4 is 5.73 Å². The molecular formula is C13H25NO3. The van der Waals surface area contributed by atoms with Crippen molar-refractivity contribution in [3.05, 3.63) is 0 Å². The molecule has 0 aromatic heterocycles. The van der Waals surface area contributed by atoms with Crippen LogP contribution in [0.25, 0.3) is 0 Å². The van der Waals surface area contributed by atoms with Crippen LogP contribution >= 0.6 is 0 Å². The quantitative estimate of drug-likeness (QED) is 0.572. The Hall–Kier alpha value is -0.610. The molecule has 0 unspecified atom stereocenters. The lowest BCUT2D eigenvalue weighted by atomic mass is 9.85. The molecule has 1 aliphatic rings. The predicted molar refractivity (Wildman–Crippen MR) is 66.2 cm³/mol. The third-order valence-electron chi connectivity index (χ3n) is 3.35. The van der Waals surface area contributed by atoms with Gasteiger partial charge in [-0.1, -0.05) is 32.1 Å². The standard InChI is InChI=1S/C13H25NO3/c1-10(2)17-12(15)13(14,16)9-8-11-6-4-3-5-7-11/h10-11,16H,3-9,14H2,1-2H3/t13-/m1/s1. The normalized spacial score (nSPS) is 21.2. The average Bonchev–Trinajstić information content (AvgIpc) is 2.27. The molecule has 1 rings (SSSR count). The van der Waals surface area contributed by atoms with Crippen LogP contribution in [0.3, 0.4) is 0 Å². The first-order chi connectivity index (χ1) is 7.92. The minimum absolute atomic E-state index is 0.243. The summed E-state index contributed by atoms with van der Waals surface area (Å²) in [5.74, 6) is -0.103. The van der Waals surface area contributed by atoms with Crippen molar-refractivity contribution in [3.63, 3.8) is 0 Å². The average molecular weight is 243 g/mol. The number of esters is 1. The van der Waals surface area contributed by atoms with Crippen LogP contribution in [-0.2, 0) is 9.53 Å². The lowest BCUT2D eigenvalue weighted by Crippen LogP contribution is -2.49. The summed E-state index contributed by atoms with van der Waals surface area (Å²) in [4.78, 5) is 11.6. The van der Waals surface area contributed by atoms with Gasteiger partial charge < -0.3 is 9.84 Å². The molecule has 17 heavy (non-hydrogen) atoms. The van der Waals surface area contributed by atoms with Gasteiger partial charge in [0.05, 0.1) is 6.10 Å². The molecule has 0 spiro atoms. The fourth-order valence-electron chi connectivity index (χ4n) is 2.32. The van der Waals surface area contributed by atoms with Gasteiger partial charge in [-0.05, 0) is 26.2 Å². The molecule has 0 aromatic rings. The maximum Gasteiger partial charge on any atom is 0.353 e. The molecule has 0 aliphatic heterocycles. The van der Waals surface area contributed by atoms with Crippen LogP contribution in [0.2, 0.25) is 0 Å². The monoisotopic (exact) mass is 243 g/mol. The second-order valence-corrected chi connectivity index (χ2v) is 5.42. The van der Waals surface area contributed by atoms with E-state index in [1.807, 2.05) is 0 Å². The van der Waals surface area contributed by atoms with Crippen molar-refractivity contribution >= 4 is 5.97 Å². The highest BCUT2D eigenvalue weighted by Crippen LogP contribution is 2.28. The zero-order chi connectivity index (χ0) is 12.9. The Morgan fingerprint density at radius 2 is 2.00 bits per heavy atom. The highest BCUT2D eigenvalue weighted by atomic mass is 16.6. The van der Waals surface area contributed by atoms with E-state index in [1.165, 1.54) is 32.1 Å². The first-order valence-electron chi connectivity index (χ1n) is 6.64.